The largest absolute Gasteiger partial charge is 0.493 e. The molecule has 2 aromatic carbocycles. The van der Waals surface area contributed by atoms with Crippen molar-refractivity contribution in [3.8, 4) is 17.2 Å². The number of halogens is 1. The molecule has 0 bridgehead atoms. The van der Waals surface area contributed by atoms with E-state index in [4.69, 9.17) is 25.8 Å². The van der Waals surface area contributed by atoms with Gasteiger partial charge >= 0.3 is 0 Å². The molecule has 132 valence electrons. The summed E-state index contributed by atoms with van der Waals surface area (Å²) >= 11 is 6.15. The van der Waals surface area contributed by atoms with Gasteiger partial charge in [0.15, 0.2) is 11.5 Å². The van der Waals surface area contributed by atoms with Crippen LogP contribution in [-0.2, 0) is 0 Å². The minimum absolute atomic E-state index is 0.274. The molecule has 0 aromatic heterocycles. The minimum atomic E-state index is 0.274. The number of ether oxygens (including phenoxy) is 3. The maximum absolute atomic E-state index is 6.15. The highest BCUT2D eigenvalue weighted by Crippen LogP contribution is 2.41. The SMILES string of the molecule is CCOc1c(OC)cc(OCCCCC(Cl)CC)c2ccccc12. The first-order valence-corrected chi connectivity index (χ1v) is 9.14. The van der Waals surface area contributed by atoms with Gasteiger partial charge in [0.25, 0.3) is 0 Å². The molecule has 1 atom stereocenters. The zero-order chi connectivity index (χ0) is 17.4. The second-order valence-electron chi connectivity index (χ2n) is 5.73. The van der Waals surface area contributed by atoms with Crippen molar-refractivity contribution in [2.45, 2.75) is 44.9 Å². The Bertz CT molecular complexity index is 642. The fourth-order valence-corrected chi connectivity index (χ4v) is 2.86. The van der Waals surface area contributed by atoms with E-state index in [9.17, 15) is 0 Å². The van der Waals surface area contributed by atoms with Crippen molar-refractivity contribution >= 4 is 22.4 Å². The quantitative estimate of drug-likeness (QED) is 0.399. The lowest BCUT2D eigenvalue weighted by molar-refractivity contribution is 0.298. The second-order valence-corrected chi connectivity index (χ2v) is 6.35. The fraction of sp³-hybridized carbons (Fsp3) is 0.500. The Morgan fingerprint density at radius 1 is 1.00 bits per heavy atom. The maximum atomic E-state index is 6.15. The molecule has 0 fully saturated rings. The number of alkyl halides is 1. The summed E-state index contributed by atoms with van der Waals surface area (Å²) in [7, 11) is 1.65. The predicted octanol–water partition coefficient (Wildman–Crippen LogP) is 5.81. The zero-order valence-corrected chi connectivity index (χ0v) is 15.6. The van der Waals surface area contributed by atoms with Crippen molar-refractivity contribution < 1.29 is 14.2 Å². The van der Waals surface area contributed by atoms with Crippen molar-refractivity contribution in [3.05, 3.63) is 30.3 Å². The van der Waals surface area contributed by atoms with Gasteiger partial charge in [-0.25, -0.2) is 0 Å². The second kappa shape index (κ2) is 9.63. The van der Waals surface area contributed by atoms with Gasteiger partial charge in [0.1, 0.15) is 5.75 Å². The molecule has 0 spiro atoms. The Kier molecular flexibility index (Phi) is 7.51. The van der Waals surface area contributed by atoms with Crippen LogP contribution in [0.25, 0.3) is 10.8 Å². The number of rotatable bonds is 10. The van der Waals surface area contributed by atoms with Crippen molar-refractivity contribution in [2.24, 2.45) is 0 Å². The predicted molar refractivity (Wildman–Crippen MR) is 101 cm³/mol. The molecule has 4 heteroatoms. The van der Waals surface area contributed by atoms with E-state index in [0.29, 0.717) is 19.0 Å². The number of unbranched alkanes of at least 4 members (excludes halogenated alkanes) is 1. The normalized spacial score (nSPS) is 12.2. The molecule has 0 N–H and O–H groups in total. The number of hydrogen-bond acceptors (Lipinski definition) is 3. The van der Waals surface area contributed by atoms with Crippen LogP contribution in [0.2, 0.25) is 0 Å². The van der Waals surface area contributed by atoms with Gasteiger partial charge in [0, 0.05) is 22.2 Å². The first-order chi connectivity index (χ1) is 11.7. The third-order valence-corrected chi connectivity index (χ3v) is 4.57. The van der Waals surface area contributed by atoms with E-state index in [1.54, 1.807) is 7.11 Å². The van der Waals surface area contributed by atoms with Gasteiger partial charge in [-0.15, -0.1) is 11.6 Å². The van der Waals surface area contributed by atoms with E-state index in [2.05, 4.69) is 13.0 Å². The van der Waals surface area contributed by atoms with Crippen LogP contribution < -0.4 is 14.2 Å². The van der Waals surface area contributed by atoms with Crippen LogP contribution in [0.5, 0.6) is 17.2 Å². The molecule has 0 radical (unpaired) electrons. The number of benzene rings is 2. The van der Waals surface area contributed by atoms with Crippen molar-refractivity contribution in [2.75, 3.05) is 20.3 Å². The Labute approximate surface area is 149 Å². The van der Waals surface area contributed by atoms with Gasteiger partial charge in [-0.1, -0.05) is 31.2 Å². The van der Waals surface area contributed by atoms with Crippen LogP contribution in [0.4, 0.5) is 0 Å². The van der Waals surface area contributed by atoms with Crippen molar-refractivity contribution in [1.82, 2.24) is 0 Å². The Morgan fingerprint density at radius 2 is 1.75 bits per heavy atom. The molecule has 0 aliphatic rings. The third-order valence-electron chi connectivity index (χ3n) is 4.04. The molecular formula is C20H27ClO3. The highest BCUT2D eigenvalue weighted by Gasteiger charge is 2.14. The molecule has 0 heterocycles. The van der Waals surface area contributed by atoms with E-state index in [-0.39, 0.29) is 5.38 Å². The molecule has 1 unspecified atom stereocenters. The van der Waals surface area contributed by atoms with Crippen LogP contribution in [0.3, 0.4) is 0 Å². The number of hydrogen-bond donors (Lipinski definition) is 0. The minimum Gasteiger partial charge on any atom is -0.493 e. The summed E-state index contributed by atoms with van der Waals surface area (Å²) in [5.41, 5.74) is 0. The zero-order valence-electron chi connectivity index (χ0n) is 14.8. The summed E-state index contributed by atoms with van der Waals surface area (Å²) in [6.07, 6.45) is 4.12. The summed E-state index contributed by atoms with van der Waals surface area (Å²) in [5, 5.41) is 2.34. The Morgan fingerprint density at radius 3 is 2.42 bits per heavy atom. The number of methoxy groups -OCH3 is 1. The van der Waals surface area contributed by atoms with Gasteiger partial charge in [-0.3, -0.25) is 0 Å². The maximum Gasteiger partial charge on any atom is 0.169 e. The summed E-state index contributed by atoms with van der Waals surface area (Å²) in [6.45, 7) is 5.36. The molecule has 0 aliphatic carbocycles. The lowest BCUT2D eigenvalue weighted by Crippen LogP contribution is -2.02. The molecular weight excluding hydrogens is 324 g/mol. The first kappa shape index (κ1) is 18.7. The standard InChI is InChI=1S/C20H27ClO3/c1-4-15(21)10-8-9-13-24-18-14-19(22-3)20(23-5-2)17-12-7-6-11-16(17)18/h6-7,11-12,14-15H,4-5,8-10,13H2,1-3H3. The lowest BCUT2D eigenvalue weighted by atomic mass is 10.1. The van der Waals surface area contributed by atoms with E-state index >= 15 is 0 Å². The number of fused-ring (bicyclic) bond motifs is 1. The molecule has 0 amide bonds. The average molecular weight is 351 g/mol. The van der Waals surface area contributed by atoms with Gasteiger partial charge in [0.2, 0.25) is 0 Å². The molecule has 0 saturated heterocycles. The molecule has 0 saturated carbocycles. The van der Waals surface area contributed by atoms with Gasteiger partial charge in [0.05, 0.1) is 20.3 Å². The Hall–Kier alpha value is -1.61. The van der Waals surface area contributed by atoms with E-state index < -0.39 is 0 Å². The molecule has 24 heavy (non-hydrogen) atoms. The molecule has 2 rings (SSSR count). The monoisotopic (exact) mass is 350 g/mol. The van der Waals surface area contributed by atoms with Gasteiger partial charge in [-0.05, 0) is 32.6 Å². The Balaban J connectivity index is 2.13. The molecule has 3 nitrogen and oxygen atoms in total. The smallest absolute Gasteiger partial charge is 0.169 e. The van der Waals surface area contributed by atoms with Gasteiger partial charge < -0.3 is 14.2 Å². The van der Waals surface area contributed by atoms with Gasteiger partial charge in [-0.2, -0.15) is 0 Å². The first-order valence-electron chi connectivity index (χ1n) is 8.70. The van der Waals surface area contributed by atoms with Crippen LogP contribution >= 0.6 is 11.6 Å². The highest BCUT2D eigenvalue weighted by atomic mass is 35.5. The lowest BCUT2D eigenvalue weighted by Gasteiger charge is -2.16. The summed E-state index contributed by atoms with van der Waals surface area (Å²) in [6, 6.07) is 10.0. The summed E-state index contributed by atoms with van der Waals surface area (Å²) < 4.78 is 17.3. The van der Waals surface area contributed by atoms with Crippen LogP contribution in [0.15, 0.2) is 30.3 Å². The fourth-order valence-electron chi connectivity index (χ4n) is 2.71. The highest BCUT2D eigenvalue weighted by molar-refractivity contribution is 6.20. The van der Waals surface area contributed by atoms with Crippen molar-refractivity contribution in [3.63, 3.8) is 0 Å². The van der Waals surface area contributed by atoms with Crippen molar-refractivity contribution in [1.29, 1.82) is 0 Å². The van der Waals surface area contributed by atoms with E-state index in [1.807, 2.05) is 31.2 Å². The van der Waals surface area contributed by atoms with E-state index in [0.717, 1.165) is 48.0 Å². The average Bonchev–Trinajstić information content (AvgIpc) is 2.62. The third kappa shape index (κ3) is 4.70. The van der Waals surface area contributed by atoms with Crippen LogP contribution in [0.1, 0.15) is 39.5 Å². The molecule has 0 aliphatic heterocycles. The summed E-state index contributed by atoms with van der Waals surface area (Å²) in [4.78, 5) is 0. The van der Waals surface area contributed by atoms with Crippen LogP contribution in [-0.4, -0.2) is 25.7 Å². The summed E-state index contributed by atoms with van der Waals surface area (Å²) in [5.74, 6) is 2.32. The molecule has 2 aromatic rings. The van der Waals surface area contributed by atoms with E-state index in [1.165, 1.54) is 0 Å². The topological polar surface area (TPSA) is 27.7 Å². The van der Waals surface area contributed by atoms with Crippen LogP contribution in [0, 0.1) is 0 Å².